The molecule has 1 aromatic rings. The number of carbonyl (C=O) groups is 1. The molecule has 0 aliphatic rings. The van der Waals surface area contributed by atoms with Crippen molar-refractivity contribution in [2.24, 2.45) is 0 Å². The van der Waals surface area contributed by atoms with Crippen molar-refractivity contribution < 1.29 is 14.6 Å². The Balaban J connectivity index is 2.71. The van der Waals surface area contributed by atoms with Crippen LogP contribution in [0, 0.1) is 6.92 Å². The number of nitrogens with zero attached hydrogens (tertiary/aromatic N) is 1. The summed E-state index contributed by atoms with van der Waals surface area (Å²) in [6.45, 7) is 7.62. The molecular formula is C12H21N3O3S. The molecule has 0 saturated heterocycles. The van der Waals surface area contributed by atoms with E-state index in [1.165, 1.54) is 11.3 Å². The molecule has 0 saturated carbocycles. The zero-order chi connectivity index (χ0) is 14.6. The van der Waals surface area contributed by atoms with Gasteiger partial charge in [0.25, 0.3) is 0 Å². The Kier molecular flexibility index (Phi) is 5.28. The van der Waals surface area contributed by atoms with Crippen molar-refractivity contribution in [2.75, 3.05) is 18.9 Å². The van der Waals surface area contributed by atoms with Crippen molar-refractivity contribution in [3.8, 4) is 0 Å². The highest BCUT2D eigenvalue weighted by Gasteiger charge is 2.20. The monoisotopic (exact) mass is 287 g/mol. The fourth-order valence-electron chi connectivity index (χ4n) is 1.45. The first kappa shape index (κ1) is 15.9. The normalized spacial score (nSPS) is 13.2. The predicted octanol–water partition coefficient (Wildman–Crippen LogP) is 2.05. The van der Waals surface area contributed by atoms with Crippen molar-refractivity contribution >= 4 is 22.6 Å². The highest BCUT2D eigenvalue weighted by molar-refractivity contribution is 7.16. The van der Waals surface area contributed by atoms with E-state index in [0.29, 0.717) is 17.4 Å². The minimum absolute atomic E-state index is 0.428. The van der Waals surface area contributed by atoms with Gasteiger partial charge in [-0.1, -0.05) is 11.3 Å². The number of rotatable bonds is 4. The molecule has 0 aliphatic heterocycles. The van der Waals surface area contributed by atoms with Crippen LogP contribution in [0.3, 0.4) is 0 Å². The van der Waals surface area contributed by atoms with Crippen LogP contribution in [0.2, 0.25) is 0 Å². The molecule has 7 heteroatoms. The molecule has 1 amide bonds. The van der Waals surface area contributed by atoms with E-state index in [2.05, 4.69) is 15.6 Å². The quantitative estimate of drug-likeness (QED) is 0.789. The molecule has 1 heterocycles. The Morgan fingerprint density at radius 2 is 2.16 bits per heavy atom. The number of thiazole rings is 1. The van der Waals surface area contributed by atoms with Gasteiger partial charge in [-0.05, 0) is 34.7 Å². The Labute approximate surface area is 117 Å². The molecule has 0 aromatic carbocycles. The van der Waals surface area contributed by atoms with Crippen molar-refractivity contribution in [3.63, 3.8) is 0 Å². The number of anilines is 1. The minimum Gasteiger partial charge on any atom is -0.444 e. The molecule has 0 radical (unpaired) electrons. The number of aliphatic hydroxyl groups is 1. The number of aryl methyl sites for hydroxylation is 1. The summed E-state index contributed by atoms with van der Waals surface area (Å²) >= 11 is 1.25. The summed E-state index contributed by atoms with van der Waals surface area (Å²) < 4.78 is 5.14. The summed E-state index contributed by atoms with van der Waals surface area (Å²) in [4.78, 5) is 16.5. The van der Waals surface area contributed by atoms with E-state index < -0.39 is 17.8 Å². The maximum absolute atomic E-state index is 11.6. The number of nitrogens with one attached hydrogen (secondary N) is 2. The van der Waals surface area contributed by atoms with Gasteiger partial charge < -0.3 is 15.2 Å². The van der Waals surface area contributed by atoms with E-state index in [9.17, 15) is 9.90 Å². The van der Waals surface area contributed by atoms with E-state index in [0.717, 1.165) is 4.88 Å². The van der Waals surface area contributed by atoms with Gasteiger partial charge in [0, 0.05) is 6.54 Å². The predicted molar refractivity (Wildman–Crippen MR) is 75.6 cm³/mol. The lowest BCUT2D eigenvalue weighted by atomic mass is 10.2. The average molecular weight is 287 g/mol. The average Bonchev–Trinajstić information content (AvgIpc) is 2.56. The van der Waals surface area contributed by atoms with Crippen molar-refractivity contribution in [1.82, 2.24) is 10.3 Å². The Hall–Kier alpha value is -1.18. The van der Waals surface area contributed by atoms with Gasteiger partial charge in [-0.15, -0.1) is 0 Å². The van der Waals surface area contributed by atoms with Gasteiger partial charge in [-0.25, -0.2) is 9.78 Å². The molecule has 1 atom stereocenters. The molecule has 0 spiro atoms. The van der Waals surface area contributed by atoms with Crippen LogP contribution < -0.4 is 10.6 Å². The molecule has 19 heavy (non-hydrogen) atoms. The first-order chi connectivity index (χ1) is 8.73. The van der Waals surface area contributed by atoms with Crippen molar-refractivity contribution in [1.29, 1.82) is 0 Å². The number of hydrogen-bond donors (Lipinski definition) is 3. The Morgan fingerprint density at radius 3 is 2.68 bits per heavy atom. The van der Waals surface area contributed by atoms with Crippen LogP contribution in [0.4, 0.5) is 9.93 Å². The summed E-state index contributed by atoms with van der Waals surface area (Å²) in [5.41, 5.74) is 0.156. The fraction of sp³-hybridized carbons (Fsp3) is 0.667. The van der Waals surface area contributed by atoms with Crippen LogP contribution >= 0.6 is 11.3 Å². The first-order valence-corrected chi connectivity index (χ1v) is 6.84. The van der Waals surface area contributed by atoms with E-state index in [-0.39, 0.29) is 0 Å². The van der Waals surface area contributed by atoms with Gasteiger partial charge in [-0.2, -0.15) is 0 Å². The van der Waals surface area contributed by atoms with Gasteiger partial charge in [0.05, 0.1) is 10.6 Å². The second kappa shape index (κ2) is 6.31. The van der Waals surface area contributed by atoms with Gasteiger partial charge in [0.2, 0.25) is 0 Å². The summed E-state index contributed by atoms with van der Waals surface area (Å²) in [6.07, 6.45) is -1.17. The highest BCUT2D eigenvalue weighted by atomic mass is 32.1. The first-order valence-electron chi connectivity index (χ1n) is 6.03. The van der Waals surface area contributed by atoms with Crippen molar-refractivity contribution in [2.45, 2.75) is 39.4 Å². The third-order valence-electron chi connectivity index (χ3n) is 2.14. The third kappa shape index (κ3) is 5.14. The van der Waals surface area contributed by atoms with Crippen LogP contribution in [0.25, 0.3) is 0 Å². The number of ether oxygens (including phenoxy) is 1. The van der Waals surface area contributed by atoms with Crippen LogP contribution in [-0.4, -0.2) is 35.4 Å². The highest BCUT2D eigenvalue weighted by Crippen LogP contribution is 2.28. The van der Waals surface area contributed by atoms with E-state index in [1.54, 1.807) is 34.7 Å². The topological polar surface area (TPSA) is 83.5 Å². The van der Waals surface area contributed by atoms with Gasteiger partial charge in [0.15, 0.2) is 5.13 Å². The van der Waals surface area contributed by atoms with E-state index in [1.807, 2.05) is 0 Å². The van der Waals surface area contributed by atoms with Gasteiger partial charge in [0.1, 0.15) is 11.7 Å². The molecule has 108 valence electrons. The number of amides is 1. The largest absolute Gasteiger partial charge is 0.444 e. The maximum Gasteiger partial charge on any atom is 0.413 e. The molecule has 3 N–H and O–H groups in total. The Morgan fingerprint density at radius 1 is 1.53 bits per heavy atom. The lowest BCUT2D eigenvalue weighted by molar-refractivity contribution is 0.0636. The van der Waals surface area contributed by atoms with E-state index >= 15 is 0 Å². The zero-order valence-electron chi connectivity index (χ0n) is 11.9. The smallest absolute Gasteiger partial charge is 0.413 e. The molecule has 0 fully saturated rings. The number of aliphatic hydroxyl groups excluding tert-OH is 1. The minimum atomic E-state index is -0.628. The molecule has 0 aliphatic carbocycles. The van der Waals surface area contributed by atoms with Gasteiger partial charge in [-0.3, -0.25) is 5.32 Å². The summed E-state index contributed by atoms with van der Waals surface area (Å²) in [5.74, 6) is 0. The molecule has 1 rings (SSSR count). The maximum atomic E-state index is 11.6. The fourth-order valence-corrected chi connectivity index (χ4v) is 2.39. The molecule has 1 unspecified atom stereocenters. The van der Waals surface area contributed by atoms with Crippen LogP contribution in [0.1, 0.15) is 37.4 Å². The number of likely N-dealkylation sites (N-methyl/N-ethyl adjacent to an activating group) is 1. The Bertz CT molecular complexity index is 440. The standard InChI is InChI=1S/C12H21N3O3S/c1-7-9(8(16)6-13-5)19-10(14-7)15-11(17)18-12(2,3)4/h8,13,16H,6H2,1-5H3,(H,14,15,17). The number of carbonyl (C=O) groups excluding carboxylic acids is 1. The lowest BCUT2D eigenvalue weighted by Crippen LogP contribution is -2.27. The molecular weight excluding hydrogens is 266 g/mol. The molecule has 6 nitrogen and oxygen atoms in total. The summed E-state index contributed by atoms with van der Waals surface area (Å²) in [7, 11) is 1.76. The SMILES string of the molecule is CNCC(O)c1sc(NC(=O)OC(C)(C)C)nc1C. The summed E-state index contributed by atoms with van der Waals surface area (Å²) in [6, 6.07) is 0. The van der Waals surface area contributed by atoms with Crippen molar-refractivity contribution in [3.05, 3.63) is 10.6 Å². The molecule has 1 aromatic heterocycles. The van der Waals surface area contributed by atoms with E-state index in [4.69, 9.17) is 4.74 Å². The number of hydrogen-bond acceptors (Lipinski definition) is 6. The molecule has 0 bridgehead atoms. The van der Waals surface area contributed by atoms with Crippen LogP contribution in [0.15, 0.2) is 0 Å². The second-order valence-corrected chi connectivity index (χ2v) is 6.20. The third-order valence-corrected chi connectivity index (χ3v) is 3.31. The lowest BCUT2D eigenvalue weighted by Gasteiger charge is -2.18. The number of aromatic nitrogens is 1. The summed E-state index contributed by atoms with van der Waals surface area (Å²) in [5, 5.41) is 15.8. The second-order valence-electron chi connectivity index (χ2n) is 5.17. The van der Waals surface area contributed by atoms with Gasteiger partial charge >= 0.3 is 6.09 Å². The zero-order valence-corrected chi connectivity index (χ0v) is 12.7. The van der Waals surface area contributed by atoms with Crippen LogP contribution in [-0.2, 0) is 4.74 Å². The van der Waals surface area contributed by atoms with Crippen LogP contribution in [0.5, 0.6) is 0 Å².